The molecule has 16 heavy (non-hydrogen) atoms. The summed E-state index contributed by atoms with van der Waals surface area (Å²) in [4.78, 5) is 1.13. The zero-order valence-corrected chi connectivity index (χ0v) is 10.6. The van der Waals surface area contributed by atoms with Crippen LogP contribution in [0, 0.1) is 0 Å². The van der Waals surface area contributed by atoms with E-state index < -0.39 is 0 Å². The number of hydrogen-bond donors (Lipinski definition) is 2. The van der Waals surface area contributed by atoms with E-state index in [4.69, 9.17) is 16.7 Å². The number of nitrogens with one attached hydrogen (secondary N) is 1. The third-order valence-corrected chi connectivity index (χ3v) is 4.04. The quantitative estimate of drug-likeness (QED) is 0.880. The molecule has 0 saturated carbocycles. The highest BCUT2D eigenvalue weighted by atomic mass is 35.5. The van der Waals surface area contributed by atoms with Crippen LogP contribution in [0.4, 0.5) is 0 Å². The number of thiophene rings is 1. The van der Waals surface area contributed by atoms with Crippen molar-refractivity contribution < 1.29 is 5.11 Å². The van der Waals surface area contributed by atoms with E-state index >= 15 is 0 Å². The van der Waals surface area contributed by atoms with Crippen LogP contribution in [0.3, 0.4) is 0 Å². The first-order chi connectivity index (χ1) is 7.68. The van der Waals surface area contributed by atoms with E-state index in [1.54, 1.807) is 18.3 Å². The maximum absolute atomic E-state index is 9.15. The maximum atomic E-state index is 9.15. The molecule has 0 aliphatic heterocycles. The Bertz CT molecular complexity index is 481. The van der Waals surface area contributed by atoms with Gasteiger partial charge in [-0.25, -0.2) is 0 Å². The minimum Gasteiger partial charge on any atom is -0.392 e. The fourth-order valence-electron chi connectivity index (χ4n) is 1.57. The van der Waals surface area contributed by atoms with Gasteiger partial charge in [0.15, 0.2) is 0 Å². The highest BCUT2D eigenvalue weighted by Crippen LogP contribution is 2.34. The molecule has 0 amide bonds. The van der Waals surface area contributed by atoms with Crippen LogP contribution in [0.15, 0.2) is 24.3 Å². The Labute approximate surface area is 104 Å². The van der Waals surface area contributed by atoms with Crippen molar-refractivity contribution in [2.24, 2.45) is 0 Å². The van der Waals surface area contributed by atoms with Gasteiger partial charge in [0.1, 0.15) is 0 Å². The predicted molar refractivity (Wildman–Crippen MR) is 70.2 cm³/mol. The zero-order valence-electron chi connectivity index (χ0n) is 9.03. The second-order valence-electron chi connectivity index (χ2n) is 3.82. The SMILES string of the molecule is CC(O)CNCc1sc2ccccc2c1Cl. The van der Waals surface area contributed by atoms with Crippen LogP contribution < -0.4 is 5.32 Å². The summed E-state index contributed by atoms with van der Waals surface area (Å²) in [6.45, 7) is 3.06. The molecule has 2 nitrogen and oxygen atoms in total. The topological polar surface area (TPSA) is 32.3 Å². The molecule has 1 aromatic carbocycles. The van der Waals surface area contributed by atoms with Crippen molar-refractivity contribution in [2.45, 2.75) is 19.6 Å². The smallest absolute Gasteiger partial charge is 0.0636 e. The number of rotatable bonds is 4. The molecule has 0 bridgehead atoms. The van der Waals surface area contributed by atoms with Gasteiger partial charge in [0.2, 0.25) is 0 Å². The lowest BCUT2D eigenvalue weighted by Crippen LogP contribution is -2.23. The molecule has 1 atom stereocenters. The molecule has 2 rings (SSSR count). The number of halogens is 1. The monoisotopic (exact) mass is 255 g/mol. The van der Waals surface area contributed by atoms with Gasteiger partial charge in [0.25, 0.3) is 0 Å². The van der Waals surface area contributed by atoms with Crippen molar-refractivity contribution in [3.8, 4) is 0 Å². The van der Waals surface area contributed by atoms with Gasteiger partial charge in [-0.05, 0) is 13.0 Å². The van der Waals surface area contributed by atoms with Gasteiger partial charge < -0.3 is 10.4 Å². The lowest BCUT2D eigenvalue weighted by molar-refractivity contribution is 0.191. The molecule has 1 heterocycles. The Morgan fingerprint density at radius 2 is 2.19 bits per heavy atom. The van der Waals surface area contributed by atoms with Crippen LogP contribution in [0.25, 0.3) is 10.1 Å². The lowest BCUT2D eigenvalue weighted by atomic mass is 10.2. The van der Waals surface area contributed by atoms with Crippen LogP contribution in [0.2, 0.25) is 5.02 Å². The normalized spacial score (nSPS) is 13.2. The van der Waals surface area contributed by atoms with Gasteiger partial charge in [-0.1, -0.05) is 29.8 Å². The first kappa shape index (κ1) is 11.9. The van der Waals surface area contributed by atoms with Crippen molar-refractivity contribution in [3.63, 3.8) is 0 Å². The van der Waals surface area contributed by atoms with E-state index in [1.165, 1.54) is 4.70 Å². The highest BCUT2D eigenvalue weighted by Gasteiger charge is 2.09. The van der Waals surface area contributed by atoms with Gasteiger partial charge in [-0.3, -0.25) is 0 Å². The standard InChI is InChI=1S/C12H14ClNOS/c1-8(15)6-14-7-11-12(13)9-4-2-3-5-10(9)16-11/h2-5,8,14-15H,6-7H2,1H3. The number of hydrogen-bond acceptors (Lipinski definition) is 3. The second-order valence-corrected chi connectivity index (χ2v) is 5.33. The number of fused-ring (bicyclic) bond motifs is 1. The first-order valence-electron chi connectivity index (χ1n) is 5.23. The summed E-state index contributed by atoms with van der Waals surface area (Å²) < 4.78 is 1.21. The molecular weight excluding hydrogens is 242 g/mol. The van der Waals surface area contributed by atoms with E-state index in [1.807, 2.05) is 18.2 Å². The molecule has 0 fully saturated rings. The molecule has 2 aromatic rings. The van der Waals surface area contributed by atoms with Crippen LogP contribution in [0.5, 0.6) is 0 Å². The Balaban J connectivity index is 2.15. The summed E-state index contributed by atoms with van der Waals surface area (Å²) in [5, 5.41) is 14.3. The fourth-order valence-corrected chi connectivity index (χ4v) is 3.04. The maximum Gasteiger partial charge on any atom is 0.0636 e. The van der Waals surface area contributed by atoms with Crippen molar-refractivity contribution in [2.75, 3.05) is 6.54 Å². The van der Waals surface area contributed by atoms with Gasteiger partial charge in [-0.2, -0.15) is 0 Å². The second kappa shape index (κ2) is 5.15. The molecule has 4 heteroatoms. The van der Waals surface area contributed by atoms with E-state index in [0.29, 0.717) is 13.1 Å². The Morgan fingerprint density at radius 3 is 2.88 bits per heavy atom. The van der Waals surface area contributed by atoms with Crippen LogP contribution in [-0.4, -0.2) is 17.8 Å². The Hall–Kier alpha value is -0.610. The summed E-state index contributed by atoms with van der Waals surface area (Å²) >= 11 is 7.98. The van der Waals surface area contributed by atoms with Gasteiger partial charge in [-0.15, -0.1) is 11.3 Å². The number of benzene rings is 1. The van der Waals surface area contributed by atoms with Gasteiger partial charge in [0, 0.05) is 28.1 Å². The first-order valence-corrected chi connectivity index (χ1v) is 6.42. The third kappa shape index (κ3) is 2.55. The number of aliphatic hydroxyl groups is 1. The molecule has 0 aliphatic rings. The summed E-state index contributed by atoms with van der Waals surface area (Å²) in [6, 6.07) is 8.12. The number of aliphatic hydroxyl groups excluding tert-OH is 1. The van der Waals surface area contributed by atoms with Gasteiger partial charge in [0.05, 0.1) is 11.1 Å². The largest absolute Gasteiger partial charge is 0.392 e. The minimum absolute atomic E-state index is 0.326. The molecule has 0 spiro atoms. The van der Waals surface area contributed by atoms with E-state index in [9.17, 15) is 0 Å². The molecule has 0 saturated heterocycles. The van der Waals surface area contributed by atoms with E-state index in [0.717, 1.165) is 15.3 Å². The molecule has 0 radical (unpaired) electrons. The highest BCUT2D eigenvalue weighted by molar-refractivity contribution is 7.19. The fraction of sp³-hybridized carbons (Fsp3) is 0.333. The predicted octanol–water partition coefficient (Wildman–Crippen LogP) is 3.03. The molecule has 2 N–H and O–H groups in total. The molecule has 0 aliphatic carbocycles. The van der Waals surface area contributed by atoms with Gasteiger partial charge >= 0.3 is 0 Å². The summed E-state index contributed by atoms with van der Waals surface area (Å²) in [6.07, 6.45) is -0.326. The van der Waals surface area contributed by atoms with Crippen molar-refractivity contribution in [1.29, 1.82) is 0 Å². The van der Waals surface area contributed by atoms with Crippen LogP contribution in [-0.2, 0) is 6.54 Å². The van der Waals surface area contributed by atoms with Crippen molar-refractivity contribution in [1.82, 2.24) is 5.32 Å². The van der Waals surface area contributed by atoms with E-state index in [-0.39, 0.29) is 6.10 Å². The zero-order chi connectivity index (χ0) is 11.5. The third-order valence-electron chi connectivity index (χ3n) is 2.33. The summed E-state index contributed by atoms with van der Waals surface area (Å²) in [7, 11) is 0. The van der Waals surface area contributed by atoms with Crippen LogP contribution in [0.1, 0.15) is 11.8 Å². The lowest BCUT2D eigenvalue weighted by Gasteiger charge is -2.05. The Morgan fingerprint density at radius 1 is 1.44 bits per heavy atom. The molecule has 86 valence electrons. The molecule has 1 unspecified atom stereocenters. The van der Waals surface area contributed by atoms with Crippen LogP contribution >= 0.6 is 22.9 Å². The summed E-state index contributed by atoms with van der Waals surface area (Å²) in [5.74, 6) is 0. The van der Waals surface area contributed by atoms with Crippen molar-refractivity contribution in [3.05, 3.63) is 34.2 Å². The van der Waals surface area contributed by atoms with E-state index in [2.05, 4.69) is 11.4 Å². The molecule has 1 aromatic heterocycles. The van der Waals surface area contributed by atoms with Crippen molar-refractivity contribution >= 4 is 33.0 Å². The Kier molecular flexibility index (Phi) is 3.82. The average Bonchev–Trinajstić information content (AvgIpc) is 2.56. The minimum atomic E-state index is -0.326. The molecular formula is C12H14ClNOS. The average molecular weight is 256 g/mol. The summed E-state index contributed by atoms with van der Waals surface area (Å²) in [5.41, 5.74) is 0.